The number of aliphatic hydroxyl groups is 1. The van der Waals surface area contributed by atoms with Crippen LogP contribution in [-0.2, 0) is 11.0 Å². The number of hydrogen-bond acceptors (Lipinski definition) is 6. The Labute approximate surface area is 272 Å². The van der Waals surface area contributed by atoms with Gasteiger partial charge in [0.05, 0.1) is 17.3 Å². The zero-order chi connectivity index (χ0) is 34.7. The van der Waals surface area contributed by atoms with Crippen molar-refractivity contribution in [1.82, 2.24) is 20.0 Å². The Kier molecular flexibility index (Phi) is 9.62. The van der Waals surface area contributed by atoms with Gasteiger partial charge in [0.25, 0.3) is 17.7 Å². The normalized spacial score (nSPS) is 16.5. The van der Waals surface area contributed by atoms with Gasteiger partial charge < -0.3 is 15.3 Å². The van der Waals surface area contributed by atoms with Gasteiger partial charge in [-0.05, 0) is 55.0 Å². The Morgan fingerprint density at radius 3 is 2.38 bits per heavy atom. The molecule has 10 nitrogen and oxygen atoms in total. The number of carbonyl (C=O) groups excluding carboxylic acids is 3. The number of amides is 3. The molecule has 0 unspecified atom stereocenters. The Hall–Kier alpha value is -5.55. The molecule has 0 bridgehead atoms. The van der Waals surface area contributed by atoms with E-state index in [0.29, 0.717) is 17.3 Å². The standard InChI is InChI=1S/C34H30F4N6O4/c1-3-43-31-27(29(32(47)42(2)25(19-39)16-17-45)41-44(31)24-10-5-4-6-11-24)26(20-12-14-23(35)15-13-20)28(33(43)48)40-30(46)21-8-7-9-22(18-21)34(36,37)38/h4-15,18,25-26,28,45H,3,16-17H2,1-2H3,(H,40,46)/t25-,26+,28+/m1/s1. The Balaban J connectivity index is 1.75. The van der Waals surface area contributed by atoms with E-state index >= 15 is 0 Å². The third-order valence-corrected chi connectivity index (χ3v) is 8.16. The maximum atomic E-state index is 14.3. The third kappa shape index (κ3) is 6.37. The molecular formula is C34H30F4N6O4. The fraction of sp³-hybridized carbons (Fsp3) is 0.265. The van der Waals surface area contributed by atoms with E-state index in [0.717, 1.165) is 29.2 Å². The topological polar surface area (TPSA) is 132 Å². The van der Waals surface area contributed by atoms with E-state index in [1.807, 2.05) is 6.07 Å². The minimum Gasteiger partial charge on any atom is -0.396 e. The van der Waals surface area contributed by atoms with Gasteiger partial charge in [0.1, 0.15) is 23.7 Å². The molecule has 2 N–H and O–H groups in total. The molecule has 1 aromatic heterocycles. The molecule has 248 valence electrons. The summed E-state index contributed by atoms with van der Waals surface area (Å²) >= 11 is 0. The zero-order valence-corrected chi connectivity index (χ0v) is 25.8. The molecule has 0 radical (unpaired) electrons. The molecule has 4 aromatic rings. The fourth-order valence-corrected chi connectivity index (χ4v) is 5.77. The average Bonchev–Trinajstić information content (AvgIpc) is 3.47. The number of nitrogens with zero attached hydrogens (tertiary/aromatic N) is 5. The summed E-state index contributed by atoms with van der Waals surface area (Å²) in [6.45, 7) is 1.31. The predicted molar refractivity (Wildman–Crippen MR) is 166 cm³/mol. The van der Waals surface area contributed by atoms with Crippen molar-refractivity contribution in [2.24, 2.45) is 0 Å². The van der Waals surface area contributed by atoms with Crippen molar-refractivity contribution in [1.29, 1.82) is 5.26 Å². The second-order valence-electron chi connectivity index (χ2n) is 11.0. The minimum atomic E-state index is -4.73. The van der Waals surface area contributed by atoms with Crippen LogP contribution in [0.1, 0.15) is 56.8 Å². The number of likely N-dealkylation sites (N-methyl/N-ethyl adjacent to an activating group) is 1. The molecule has 3 amide bonds. The zero-order valence-electron chi connectivity index (χ0n) is 25.8. The second kappa shape index (κ2) is 13.7. The van der Waals surface area contributed by atoms with Crippen LogP contribution >= 0.6 is 0 Å². The van der Waals surface area contributed by atoms with Gasteiger partial charge in [0, 0.05) is 43.7 Å². The molecule has 0 saturated carbocycles. The highest BCUT2D eigenvalue weighted by molar-refractivity contribution is 6.07. The van der Waals surface area contributed by atoms with Gasteiger partial charge in [-0.2, -0.15) is 23.5 Å². The van der Waals surface area contributed by atoms with Gasteiger partial charge in [0.2, 0.25) is 0 Å². The van der Waals surface area contributed by atoms with Crippen molar-refractivity contribution in [2.45, 2.75) is 37.5 Å². The highest BCUT2D eigenvalue weighted by atomic mass is 19.4. The molecule has 1 aliphatic heterocycles. The second-order valence-corrected chi connectivity index (χ2v) is 11.0. The molecule has 0 aliphatic carbocycles. The summed E-state index contributed by atoms with van der Waals surface area (Å²) in [7, 11) is 1.37. The number of nitrogens with one attached hydrogen (secondary N) is 1. The first-order chi connectivity index (χ1) is 22.9. The predicted octanol–water partition coefficient (Wildman–Crippen LogP) is 4.67. The van der Waals surface area contributed by atoms with Crippen molar-refractivity contribution < 1.29 is 37.1 Å². The average molecular weight is 663 g/mol. The molecule has 3 atom stereocenters. The number of halogens is 4. The summed E-state index contributed by atoms with van der Waals surface area (Å²) in [6.07, 6.45) is -4.79. The summed E-state index contributed by atoms with van der Waals surface area (Å²) in [4.78, 5) is 44.5. The van der Waals surface area contributed by atoms with Crippen LogP contribution in [0.15, 0.2) is 78.9 Å². The molecule has 0 fully saturated rings. The largest absolute Gasteiger partial charge is 0.416 e. The molecule has 0 saturated heterocycles. The van der Waals surface area contributed by atoms with Crippen LogP contribution in [0.3, 0.4) is 0 Å². The maximum absolute atomic E-state index is 14.3. The van der Waals surface area contributed by atoms with Crippen molar-refractivity contribution in [3.8, 4) is 11.8 Å². The lowest BCUT2D eigenvalue weighted by Gasteiger charge is -2.38. The number of aromatic nitrogens is 2. The number of aliphatic hydroxyl groups excluding tert-OH is 1. The number of fused-ring (bicyclic) bond motifs is 1. The lowest BCUT2D eigenvalue weighted by Crippen LogP contribution is -2.55. The number of anilines is 1. The Bertz CT molecular complexity index is 1870. The number of para-hydroxylation sites is 1. The van der Waals surface area contributed by atoms with Crippen LogP contribution in [0.5, 0.6) is 0 Å². The van der Waals surface area contributed by atoms with Gasteiger partial charge in [-0.25, -0.2) is 9.07 Å². The summed E-state index contributed by atoms with van der Waals surface area (Å²) in [6, 6.07) is 16.8. The van der Waals surface area contributed by atoms with Crippen LogP contribution < -0.4 is 10.2 Å². The SMILES string of the molecule is CCN1C(=O)[C@@H](NC(=O)c2cccc(C(F)(F)F)c2)[C@@H](c2ccc(F)cc2)c2c(C(=O)N(C)[C@@H](C#N)CCO)nn(-c3ccccc3)c21. The van der Waals surface area contributed by atoms with Crippen LogP contribution in [0.25, 0.3) is 5.69 Å². The van der Waals surface area contributed by atoms with Gasteiger partial charge in [-0.1, -0.05) is 36.4 Å². The van der Waals surface area contributed by atoms with Crippen molar-refractivity contribution in [3.05, 3.63) is 113 Å². The summed E-state index contributed by atoms with van der Waals surface area (Å²) in [5, 5.41) is 26.5. The van der Waals surface area contributed by atoms with Gasteiger partial charge in [-0.3, -0.25) is 19.3 Å². The molecule has 2 heterocycles. The van der Waals surface area contributed by atoms with Crippen LogP contribution in [-0.4, -0.2) is 69.8 Å². The molecule has 5 rings (SSSR count). The fourth-order valence-electron chi connectivity index (χ4n) is 5.77. The lowest BCUT2D eigenvalue weighted by atomic mass is 9.80. The number of benzene rings is 3. The number of nitriles is 1. The number of alkyl halides is 3. The highest BCUT2D eigenvalue weighted by Crippen LogP contribution is 2.44. The molecule has 3 aromatic carbocycles. The third-order valence-electron chi connectivity index (χ3n) is 8.16. The maximum Gasteiger partial charge on any atom is 0.416 e. The van der Waals surface area contributed by atoms with Gasteiger partial charge in [-0.15, -0.1) is 0 Å². The smallest absolute Gasteiger partial charge is 0.396 e. The molecular weight excluding hydrogens is 632 g/mol. The summed E-state index contributed by atoms with van der Waals surface area (Å²) < 4.78 is 56.0. The Morgan fingerprint density at radius 1 is 1.08 bits per heavy atom. The van der Waals surface area contributed by atoms with E-state index in [9.17, 15) is 42.3 Å². The lowest BCUT2D eigenvalue weighted by molar-refractivity contribution is -0.137. The minimum absolute atomic E-state index is 0.0330. The number of hydrogen-bond donors (Lipinski definition) is 2. The van der Waals surface area contributed by atoms with Crippen LogP contribution in [0.2, 0.25) is 0 Å². The van der Waals surface area contributed by atoms with E-state index < -0.39 is 53.3 Å². The number of carbonyl (C=O) groups is 3. The van der Waals surface area contributed by atoms with E-state index in [4.69, 9.17) is 0 Å². The van der Waals surface area contributed by atoms with Crippen LogP contribution in [0, 0.1) is 17.1 Å². The first kappa shape index (κ1) is 33.8. The van der Waals surface area contributed by atoms with Gasteiger partial charge in [0.15, 0.2) is 5.69 Å². The van der Waals surface area contributed by atoms with E-state index in [1.54, 1.807) is 37.3 Å². The molecule has 48 heavy (non-hydrogen) atoms. The number of rotatable bonds is 9. The highest BCUT2D eigenvalue weighted by Gasteiger charge is 2.48. The molecule has 1 aliphatic rings. The van der Waals surface area contributed by atoms with Crippen LogP contribution in [0.4, 0.5) is 23.4 Å². The molecule has 14 heteroatoms. The summed E-state index contributed by atoms with van der Waals surface area (Å²) in [5.74, 6) is -3.98. The van der Waals surface area contributed by atoms with E-state index in [-0.39, 0.29) is 42.2 Å². The first-order valence-corrected chi connectivity index (χ1v) is 14.9. The van der Waals surface area contributed by atoms with Crippen molar-refractivity contribution >= 4 is 23.5 Å². The monoisotopic (exact) mass is 662 g/mol. The first-order valence-electron chi connectivity index (χ1n) is 14.9. The van der Waals surface area contributed by atoms with E-state index in [2.05, 4.69) is 10.4 Å². The summed E-state index contributed by atoms with van der Waals surface area (Å²) in [5.41, 5.74) is -0.674. The van der Waals surface area contributed by atoms with Crippen molar-refractivity contribution in [3.63, 3.8) is 0 Å². The van der Waals surface area contributed by atoms with Gasteiger partial charge >= 0.3 is 6.18 Å². The molecule has 0 spiro atoms. The van der Waals surface area contributed by atoms with E-state index in [1.165, 1.54) is 34.8 Å². The quantitative estimate of drug-likeness (QED) is 0.251. The van der Waals surface area contributed by atoms with Crippen molar-refractivity contribution in [2.75, 3.05) is 25.1 Å². The Morgan fingerprint density at radius 2 is 1.77 bits per heavy atom.